The molecule has 0 aliphatic heterocycles. The predicted molar refractivity (Wildman–Crippen MR) is 93.2 cm³/mol. The van der Waals surface area contributed by atoms with E-state index in [4.69, 9.17) is 0 Å². The molecule has 0 aliphatic carbocycles. The van der Waals surface area contributed by atoms with Crippen LogP contribution in [0.1, 0.15) is 29.3 Å². The summed E-state index contributed by atoms with van der Waals surface area (Å²) in [7, 11) is 3.89. The van der Waals surface area contributed by atoms with Crippen molar-refractivity contribution in [3.8, 4) is 5.75 Å². The number of nitrogens with zero attached hydrogens (tertiary/aromatic N) is 2. The Hall–Kier alpha value is -2.82. The molecule has 0 heterocycles. The zero-order valence-corrected chi connectivity index (χ0v) is 13.6. The second-order valence-electron chi connectivity index (χ2n) is 5.31. The number of nitrogens with one attached hydrogen (secondary N) is 1. The van der Waals surface area contributed by atoms with E-state index in [1.165, 1.54) is 0 Å². The number of benzene rings is 2. The first-order valence-corrected chi connectivity index (χ1v) is 7.45. The minimum absolute atomic E-state index is 0.151. The van der Waals surface area contributed by atoms with Crippen LogP contribution < -0.4 is 10.3 Å². The molecule has 0 saturated heterocycles. The maximum atomic E-state index is 12.2. The zero-order chi connectivity index (χ0) is 16.8. The van der Waals surface area contributed by atoms with Gasteiger partial charge >= 0.3 is 0 Å². The molecule has 0 aromatic heterocycles. The number of amides is 1. The van der Waals surface area contributed by atoms with Crippen molar-refractivity contribution in [3.63, 3.8) is 0 Å². The average molecular weight is 311 g/mol. The van der Waals surface area contributed by atoms with Gasteiger partial charge in [0, 0.05) is 30.9 Å². The Morgan fingerprint density at radius 2 is 1.78 bits per heavy atom. The molecule has 5 nitrogen and oxygen atoms in total. The van der Waals surface area contributed by atoms with Crippen LogP contribution in [0.15, 0.2) is 53.6 Å². The lowest BCUT2D eigenvalue weighted by molar-refractivity contribution is 0.0955. The molecular weight excluding hydrogens is 290 g/mol. The highest BCUT2D eigenvalue weighted by molar-refractivity contribution is 6.04. The Kier molecular flexibility index (Phi) is 5.36. The molecule has 0 unspecified atom stereocenters. The van der Waals surface area contributed by atoms with Crippen LogP contribution in [-0.2, 0) is 0 Å². The summed E-state index contributed by atoms with van der Waals surface area (Å²) in [6.45, 7) is 1.92. The number of hydrazone groups is 1. The first kappa shape index (κ1) is 16.5. The van der Waals surface area contributed by atoms with Gasteiger partial charge in [-0.2, -0.15) is 5.10 Å². The molecule has 1 amide bonds. The van der Waals surface area contributed by atoms with Gasteiger partial charge in [-0.15, -0.1) is 0 Å². The van der Waals surface area contributed by atoms with Crippen LogP contribution in [0.5, 0.6) is 5.75 Å². The first-order valence-electron chi connectivity index (χ1n) is 7.45. The van der Waals surface area contributed by atoms with Crippen molar-refractivity contribution in [1.29, 1.82) is 0 Å². The van der Waals surface area contributed by atoms with Crippen molar-refractivity contribution in [1.82, 2.24) is 5.43 Å². The summed E-state index contributed by atoms with van der Waals surface area (Å²) < 4.78 is 0. The molecule has 2 rings (SSSR count). The maximum Gasteiger partial charge on any atom is 0.271 e. The standard InChI is InChI=1S/C18H21N3O2/c1-4-16(15-7-5-6-8-17(15)22)19-20-18(23)13-9-11-14(12-10-13)21(2)3/h5-12,22H,4H2,1-3H3,(H,20,23)/b19-16-. The van der Waals surface area contributed by atoms with E-state index in [2.05, 4.69) is 10.5 Å². The number of aromatic hydroxyl groups is 1. The largest absolute Gasteiger partial charge is 0.507 e. The molecule has 0 saturated carbocycles. The molecule has 5 heteroatoms. The SMILES string of the molecule is CC/C(=N/NC(=O)c1ccc(N(C)C)cc1)c1ccccc1O. The fourth-order valence-corrected chi connectivity index (χ4v) is 2.14. The number of carbonyl (C=O) groups excluding carboxylic acids is 1. The fourth-order valence-electron chi connectivity index (χ4n) is 2.14. The van der Waals surface area contributed by atoms with Crippen LogP contribution >= 0.6 is 0 Å². The lowest BCUT2D eigenvalue weighted by atomic mass is 10.1. The topological polar surface area (TPSA) is 64.9 Å². The summed E-state index contributed by atoms with van der Waals surface area (Å²) in [5.41, 5.74) is 5.35. The second-order valence-corrected chi connectivity index (χ2v) is 5.31. The van der Waals surface area contributed by atoms with Gasteiger partial charge in [-0.1, -0.05) is 19.1 Å². The number of para-hydroxylation sites is 1. The van der Waals surface area contributed by atoms with E-state index >= 15 is 0 Å². The Bertz CT molecular complexity index is 706. The smallest absolute Gasteiger partial charge is 0.271 e. The summed E-state index contributed by atoms with van der Waals surface area (Å²) in [6.07, 6.45) is 0.595. The fraction of sp³-hybridized carbons (Fsp3) is 0.222. The number of carbonyl (C=O) groups is 1. The third-order valence-electron chi connectivity index (χ3n) is 3.49. The monoisotopic (exact) mass is 311 g/mol. The van der Waals surface area contributed by atoms with Crippen molar-refractivity contribution in [2.24, 2.45) is 5.10 Å². The van der Waals surface area contributed by atoms with Gasteiger partial charge in [-0.05, 0) is 42.8 Å². The first-order chi connectivity index (χ1) is 11.0. The molecule has 2 aromatic carbocycles. The summed E-state index contributed by atoms with van der Waals surface area (Å²) >= 11 is 0. The molecule has 0 aliphatic rings. The Morgan fingerprint density at radius 1 is 1.13 bits per heavy atom. The third-order valence-corrected chi connectivity index (χ3v) is 3.49. The summed E-state index contributed by atoms with van der Waals surface area (Å²) in [6, 6.07) is 14.2. The number of rotatable bonds is 5. The Labute approximate surface area is 136 Å². The summed E-state index contributed by atoms with van der Waals surface area (Å²) in [5.74, 6) is -0.130. The van der Waals surface area contributed by atoms with Crippen molar-refractivity contribution in [3.05, 3.63) is 59.7 Å². The van der Waals surface area contributed by atoms with Gasteiger partial charge < -0.3 is 10.0 Å². The van der Waals surface area contributed by atoms with Gasteiger partial charge in [0.1, 0.15) is 5.75 Å². The van der Waals surface area contributed by atoms with Crippen LogP contribution in [0.25, 0.3) is 0 Å². The molecule has 0 fully saturated rings. The van der Waals surface area contributed by atoms with Gasteiger partial charge in [0.25, 0.3) is 5.91 Å². The van der Waals surface area contributed by atoms with Crippen LogP contribution in [0, 0.1) is 0 Å². The highest BCUT2D eigenvalue weighted by atomic mass is 16.3. The van der Waals surface area contributed by atoms with Gasteiger partial charge in [-0.3, -0.25) is 4.79 Å². The van der Waals surface area contributed by atoms with Gasteiger partial charge in [0.2, 0.25) is 0 Å². The number of phenols is 1. The average Bonchev–Trinajstić information content (AvgIpc) is 2.56. The predicted octanol–water partition coefficient (Wildman–Crippen LogP) is 3.00. The highest BCUT2D eigenvalue weighted by Gasteiger charge is 2.09. The quantitative estimate of drug-likeness (QED) is 0.659. The van der Waals surface area contributed by atoms with E-state index in [0.717, 1.165) is 5.69 Å². The highest BCUT2D eigenvalue weighted by Crippen LogP contribution is 2.18. The Balaban J connectivity index is 2.14. The van der Waals surface area contributed by atoms with E-state index < -0.39 is 0 Å². The second kappa shape index (κ2) is 7.45. The van der Waals surface area contributed by atoms with E-state index in [9.17, 15) is 9.90 Å². The van der Waals surface area contributed by atoms with Crippen molar-refractivity contribution < 1.29 is 9.90 Å². The number of hydrogen-bond donors (Lipinski definition) is 2. The molecule has 23 heavy (non-hydrogen) atoms. The molecular formula is C18H21N3O2. The van der Waals surface area contributed by atoms with E-state index in [1.54, 1.807) is 30.3 Å². The Morgan fingerprint density at radius 3 is 2.35 bits per heavy atom. The van der Waals surface area contributed by atoms with Crippen LogP contribution in [0.3, 0.4) is 0 Å². The normalized spacial score (nSPS) is 11.2. The van der Waals surface area contributed by atoms with Crippen LogP contribution in [-0.4, -0.2) is 30.8 Å². The number of anilines is 1. The molecule has 0 radical (unpaired) electrons. The minimum atomic E-state index is -0.281. The lowest BCUT2D eigenvalue weighted by Crippen LogP contribution is -2.20. The van der Waals surface area contributed by atoms with Gasteiger partial charge in [0.15, 0.2) is 0 Å². The lowest BCUT2D eigenvalue weighted by Gasteiger charge is -2.12. The maximum absolute atomic E-state index is 12.2. The summed E-state index contributed by atoms with van der Waals surface area (Å²) in [5, 5.41) is 14.0. The van der Waals surface area contributed by atoms with E-state index in [0.29, 0.717) is 23.3 Å². The van der Waals surface area contributed by atoms with Crippen LogP contribution in [0.2, 0.25) is 0 Å². The van der Waals surface area contributed by atoms with E-state index in [1.807, 2.05) is 44.1 Å². The van der Waals surface area contributed by atoms with Crippen molar-refractivity contribution >= 4 is 17.3 Å². The minimum Gasteiger partial charge on any atom is -0.507 e. The molecule has 0 atom stereocenters. The molecule has 120 valence electrons. The van der Waals surface area contributed by atoms with Crippen molar-refractivity contribution in [2.75, 3.05) is 19.0 Å². The van der Waals surface area contributed by atoms with Crippen molar-refractivity contribution in [2.45, 2.75) is 13.3 Å². The molecule has 2 aromatic rings. The molecule has 2 N–H and O–H groups in total. The molecule has 0 spiro atoms. The van der Waals surface area contributed by atoms with Gasteiger partial charge in [0.05, 0.1) is 5.71 Å². The number of hydrogen-bond acceptors (Lipinski definition) is 4. The van der Waals surface area contributed by atoms with Gasteiger partial charge in [-0.25, -0.2) is 5.43 Å². The van der Waals surface area contributed by atoms with E-state index in [-0.39, 0.29) is 11.7 Å². The summed E-state index contributed by atoms with van der Waals surface area (Å²) in [4.78, 5) is 14.1. The zero-order valence-electron chi connectivity index (χ0n) is 13.6. The molecule has 0 bridgehead atoms. The van der Waals surface area contributed by atoms with Crippen LogP contribution in [0.4, 0.5) is 5.69 Å². The third kappa shape index (κ3) is 4.10. The number of phenolic OH excluding ortho intramolecular Hbond substituents is 1.